The monoisotopic (exact) mass is 600 g/mol. The number of carbonyl (C=O) groups is 1. The third kappa shape index (κ3) is 5.81. The summed E-state index contributed by atoms with van der Waals surface area (Å²) in [7, 11) is 2.15. The number of piperazine rings is 1. The Morgan fingerprint density at radius 1 is 1.11 bits per heavy atom. The molecule has 5 heterocycles. The number of anilines is 2. The zero-order valence-electron chi connectivity index (χ0n) is 25.8. The summed E-state index contributed by atoms with van der Waals surface area (Å²) >= 11 is 0. The number of aromatic nitrogens is 2. The maximum absolute atomic E-state index is 13.1. The number of likely N-dealkylation sites (N-methyl/N-ethyl adjacent to an activating group) is 1. The van der Waals surface area contributed by atoms with E-state index >= 15 is 0 Å². The zero-order chi connectivity index (χ0) is 30.4. The molecule has 7 rings (SSSR count). The van der Waals surface area contributed by atoms with Gasteiger partial charge in [0.25, 0.3) is 0 Å². The minimum absolute atomic E-state index is 0.0887. The molecule has 0 spiro atoms. The highest BCUT2D eigenvalue weighted by Crippen LogP contribution is 2.36. The average molecular weight is 601 g/mol. The van der Waals surface area contributed by atoms with Gasteiger partial charge in [-0.1, -0.05) is 30.3 Å². The van der Waals surface area contributed by atoms with Crippen LogP contribution in [0.25, 0.3) is 10.8 Å². The number of likely N-dealkylation sites (tertiary alicyclic amines) is 1. The Bertz CT molecular complexity index is 1520. The van der Waals surface area contributed by atoms with Crippen molar-refractivity contribution in [3.63, 3.8) is 0 Å². The molecule has 4 aliphatic rings. The molecule has 3 fully saturated rings. The summed E-state index contributed by atoms with van der Waals surface area (Å²) in [6.45, 7) is 7.78. The highest BCUT2D eigenvalue weighted by Gasteiger charge is 2.40. The number of amides is 1. The van der Waals surface area contributed by atoms with Crippen LogP contribution in [0.1, 0.15) is 36.1 Å². The second-order valence-corrected chi connectivity index (χ2v) is 12.9. The van der Waals surface area contributed by atoms with Crippen molar-refractivity contribution >= 4 is 28.2 Å². The van der Waals surface area contributed by atoms with Gasteiger partial charge in [-0.05, 0) is 56.8 Å². The number of nitrogens with one attached hydrogen (secondary N) is 1. The molecule has 11 nitrogen and oxygen atoms in total. The highest BCUT2D eigenvalue weighted by molar-refractivity contribution is 5.97. The molecule has 0 radical (unpaired) electrons. The van der Waals surface area contributed by atoms with Gasteiger partial charge in [-0.2, -0.15) is 9.97 Å². The fraction of sp³-hybridized carbons (Fsp3) is 0.545. The maximum atomic E-state index is 13.1. The second kappa shape index (κ2) is 12.1. The Kier molecular flexibility index (Phi) is 8.04. The van der Waals surface area contributed by atoms with Gasteiger partial charge in [-0.25, -0.2) is 0 Å². The SMILES string of the molecule is Cc1cccc2cccc(N3CCc4c(nc(OC[C@@H]5CCCN5C)nc4N4CCN(C(=O)C5CN5)[C@@H](CC(N)O)C4)C3)c12. The van der Waals surface area contributed by atoms with Crippen molar-refractivity contribution in [2.45, 2.75) is 63.5 Å². The van der Waals surface area contributed by atoms with Crippen LogP contribution in [0.15, 0.2) is 36.4 Å². The molecule has 0 bridgehead atoms. The van der Waals surface area contributed by atoms with Crippen LogP contribution in [0.3, 0.4) is 0 Å². The van der Waals surface area contributed by atoms with E-state index in [1.807, 2.05) is 4.90 Å². The number of aryl methyl sites for hydroxylation is 1. The molecular weight excluding hydrogens is 556 g/mol. The molecule has 2 unspecified atom stereocenters. The molecule has 4 aliphatic heterocycles. The van der Waals surface area contributed by atoms with Crippen molar-refractivity contribution in [2.75, 3.05) is 62.7 Å². The van der Waals surface area contributed by atoms with E-state index < -0.39 is 6.23 Å². The molecule has 1 aromatic heterocycles. The van der Waals surface area contributed by atoms with E-state index in [0.717, 1.165) is 43.0 Å². The molecular formula is C33H44N8O3. The molecule has 234 valence electrons. The number of nitrogens with zero attached hydrogens (tertiary/aromatic N) is 6. The number of benzene rings is 2. The maximum Gasteiger partial charge on any atom is 0.318 e. The topological polar surface area (TPSA) is 133 Å². The van der Waals surface area contributed by atoms with Gasteiger partial charge in [0.05, 0.1) is 24.3 Å². The first-order valence-corrected chi connectivity index (χ1v) is 16.0. The number of aliphatic hydroxyl groups excluding tert-OH is 1. The molecule has 1 amide bonds. The number of rotatable bonds is 8. The summed E-state index contributed by atoms with van der Waals surface area (Å²) < 4.78 is 6.34. The van der Waals surface area contributed by atoms with Crippen LogP contribution >= 0.6 is 0 Å². The largest absolute Gasteiger partial charge is 0.462 e. The summed E-state index contributed by atoms with van der Waals surface area (Å²) in [6, 6.07) is 13.4. The number of aliphatic hydroxyl groups is 1. The lowest BCUT2D eigenvalue weighted by Gasteiger charge is -2.43. The molecule has 11 heteroatoms. The van der Waals surface area contributed by atoms with Crippen LogP contribution in [0.2, 0.25) is 0 Å². The number of hydrogen-bond donors (Lipinski definition) is 3. The second-order valence-electron chi connectivity index (χ2n) is 12.9. The van der Waals surface area contributed by atoms with Crippen LogP contribution in [0, 0.1) is 6.92 Å². The van der Waals surface area contributed by atoms with Crippen molar-refractivity contribution in [3.8, 4) is 6.01 Å². The number of hydrogen-bond acceptors (Lipinski definition) is 10. The zero-order valence-corrected chi connectivity index (χ0v) is 25.8. The van der Waals surface area contributed by atoms with Gasteiger partial charge < -0.3 is 40.5 Å². The predicted octanol–water partition coefficient (Wildman–Crippen LogP) is 1.63. The van der Waals surface area contributed by atoms with Gasteiger partial charge >= 0.3 is 6.01 Å². The summed E-state index contributed by atoms with van der Waals surface area (Å²) in [5.74, 6) is 0.970. The third-order valence-electron chi connectivity index (χ3n) is 9.82. The Labute approximate surface area is 259 Å². The third-order valence-corrected chi connectivity index (χ3v) is 9.82. The summed E-state index contributed by atoms with van der Waals surface area (Å²) in [4.78, 5) is 32.0. The molecule has 0 aliphatic carbocycles. The molecule has 44 heavy (non-hydrogen) atoms. The highest BCUT2D eigenvalue weighted by atomic mass is 16.5. The van der Waals surface area contributed by atoms with E-state index in [2.05, 4.69) is 70.4 Å². The summed E-state index contributed by atoms with van der Waals surface area (Å²) in [5, 5.41) is 15.8. The van der Waals surface area contributed by atoms with Gasteiger partial charge in [0.2, 0.25) is 5.91 Å². The molecule has 0 saturated carbocycles. The quantitative estimate of drug-likeness (QED) is 0.259. The van der Waals surface area contributed by atoms with Gasteiger partial charge in [0.1, 0.15) is 18.7 Å². The molecule has 4 N–H and O–H groups in total. The number of ether oxygens (including phenoxy) is 1. The normalized spacial score (nSPS) is 24.5. The first-order valence-electron chi connectivity index (χ1n) is 16.0. The fourth-order valence-electron chi connectivity index (χ4n) is 7.30. The smallest absolute Gasteiger partial charge is 0.318 e. The molecule has 3 aromatic rings. The molecule has 2 aromatic carbocycles. The number of fused-ring (bicyclic) bond motifs is 2. The number of carbonyl (C=O) groups excluding carboxylic acids is 1. The Morgan fingerprint density at radius 3 is 2.68 bits per heavy atom. The van der Waals surface area contributed by atoms with Crippen molar-refractivity contribution in [1.29, 1.82) is 0 Å². The van der Waals surface area contributed by atoms with E-state index in [9.17, 15) is 9.90 Å². The Hall–Kier alpha value is -3.51. The van der Waals surface area contributed by atoms with Crippen molar-refractivity contribution < 1.29 is 14.6 Å². The average Bonchev–Trinajstić information content (AvgIpc) is 3.79. The summed E-state index contributed by atoms with van der Waals surface area (Å²) in [6.07, 6.45) is 2.40. The standard InChI is InChI=1S/C33H44N8O3/c1-21-6-3-7-22-8-4-10-28(30(21)22)39-13-11-25-27(19-39)36-33(44-20-23-9-5-12-38(23)2)37-31(25)40-14-15-41(32(43)26-17-35-26)24(18-40)16-29(34)42/h3-4,6-8,10,23-24,26,29,35,42H,5,9,11-20,34H2,1-2H3/t23-,24-,26?,29?/m0/s1. The fourth-order valence-corrected chi connectivity index (χ4v) is 7.30. The van der Waals surface area contributed by atoms with E-state index in [1.54, 1.807) is 0 Å². The van der Waals surface area contributed by atoms with Crippen LogP contribution in [-0.2, 0) is 17.8 Å². The van der Waals surface area contributed by atoms with Crippen LogP contribution in [0.4, 0.5) is 11.5 Å². The van der Waals surface area contributed by atoms with Crippen LogP contribution in [0.5, 0.6) is 6.01 Å². The van der Waals surface area contributed by atoms with Crippen molar-refractivity contribution in [3.05, 3.63) is 53.2 Å². The minimum atomic E-state index is -0.998. The van der Waals surface area contributed by atoms with Gasteiger partial charge in [-0.15, -0.1) is 0 Å². The number of nitrogens with two attached hydrogens (primary N) is 1. The first kappa shape index (κ1) is 29.2. The predicted molar refractivity (Wildman–Crippen MR) is 171 cm³/mol. The van der Waals surface area contributed by atoms with Crippen LogP contribution < -0.4 is 25.6 Å². The van der Waals surface area contributed by atoms with Crippen molar-refractivity contribution in [1.82, 2.24) is 25.1 Å². The van der Waals surface area contributed by atoms with E-state index in [0.29, 0.717) is 57.8 Å². The lowest BCUT2D eigenvalue weighted by Crippen LogP contribution is -2.58. The van der Waals surface area contributed by atoms with Crippen LogP contribution in [-0.4, -0.2) is 108 Å². The summed E-state index contributed by atoms with van der Waals surface area (Å²) in [5.41, 5.74) is 10.5. The van der Waals surface area contributed by atoms with E-state index in [1.165, 1.54) is 28.4 Å². The van der Waals surface area contributed by atoms with E-state index in [4.69, 9.17) is 20.4 Å². The molecule has 3 saturated heterocycles. The van der Waals surface area contributed by atoms with Crippen molar-refractivity contribution in [2.24, 2.45) is 5.73 Å². The van der Waals surface area contributed by atoms with Gasteiger partial charge in [0.15, 0.2) is 0 Å². The van der Waals surface area contributed by atoms with E-state index in [-0.39, 0.29) is 18.0 Å². The molecule has 4 atom stereocenters. The van der Waals surface area contributed by atoms with Gasteiger partial charge in [-0.3, -0.25) is 4.79 Å². The lowest BCUT2D eigenvalue weighted by molar-refractivity contribution is -0.134. The Morgan fingerprint density at radius 2 is 1.93 bits per heavy atom. The van der Waals surface area contributed by atoms with Gasteiger partial charge in [0, 0.05) is 61.8 Å². The minimum Gasteiger partial charge on any atom is -0.462 e. The lowest BCUT2D eigenvalue weighted by atomic mass is 9.99. The first-order chi connectivity index (χ1) is 21.4. The Balaban J connectivity index is 1.21.